The van der Waals surface area contributed by atoms with Crippen LogP contribution in [0.2, 0.25) is 0 Å². The van der Waals surface area contributed by atoms with Crippen LogP contribution in [0.5, 0.6) is 11.5 Å². The van der Waals surface area contributed by atoms with Gasteiger partial charge in [0.15, 0.2) is 0 Å². The molecule has 1 aromatic carbocycles. The Balaban J connectivity index is 2.22. The van der Waals surface area contributed by atoms with Crippen LogP contribution in [0.4, 0.5) is 0 Å². The first-order valence-electron chi connectivity index (χ1n) is 6.44. The van der Waals surface area contributed by atoms with Crippen molar-refractivity contribution in [1.82, 2.24) is 9.55 Å². The van der Waals surface area contributed by atoms with E-state index in [2.05, 4.69) is 20.9 Å². The molecule has 0 aliphatic carbocycles. The third kappa shape index (κ3) is 2.98. The Kier molecular flexibility index (Phi) is 4.70. The standard InChI is InChI=1S/C15H19BrN2O2/c1-10-7-14(20-4)11(8-13(10)19-3)5-6-12-15(16)18(2)9-17-12/h7-9H,5-6H2,1-4H3. The molecule has 0 saturated carbocycles. The maximum absolute atomic E-state index is 5.46. The maximum Gasteiger partial charge on any atom is 0.122 e. The predicted molar refractivity (Wildman–Crippen MR) is 82.6 cm³/mol. The molecule has 0 spiro atoms. The highest BCUT2D eigenvalue weighted by molar-refractivity contribution is 9.10. The zero-order valence-corrected chi connectivity index (χ0v) is 13.8. The van der Waals surface area contributed by atoms with E-state index in [9.17, 15) is 0 Å². The van der Waals surface area contributed by atoms with Gasteiger partial charge in [-0.25, -0.2) is 4.98 Å². The molecule has 0 unspecified atom stereocenters. The summed E-state index contributed by atoms with van der Waals surface area (Å²) in [6.45, 7) is 2.01. The summed E-state index contributed by atoms with van der Waals surface area (Å²) in [7, 11) is 5.35. The van der Waals surface area contributed by atoms with Crippen molar-refractivity contribution in [2.24, 2.45) is 7.05 Å². The van der Waals surface area contributed by atoms with E-state index in [1.165, 1.54) is 0 Å². The molecule has 2 aromatic rings. The molecule has 0 aliphatic rings. The minimum atomic E-state index is 0.851. The van der Waals surface area contributed by atoms with E-state index in [-0.39, 0.29) is 0 Å². The molecule has 0 bridgehead atoms. The lowest BCUT2D eigenvalue weighted by Gasteiger charge is -2.12. The molecule has 0 N–H and O–H groups in total. The number of hydrogen-bond donors (Lipinski definition) is 0. The molecule has 0 saturated heterocycles. The molecule has 1 aromatic heterocycles. The molecule has 20 heavy (non-hydrogen) atoms. The summed E-state index contributed by atoms with van der Waals surface area (Å²) in [5.74, 6) is 1.79. The van der Waals surface area contributed by atoms with E-state index >= 15 is 0 Å². The van der Waals surface area contributed by atoms with Gasteiger partial charge in [0.25, 0.3) is 0 Å². The molecule has 2 rings (SSSR count). The largest absolute Gasteiger partial charge is 0.496 e. The second kappa shape index (κ2) is 6.31. The fraction of sp³-hybridized carbons (Fsp3) is 0.400. The van der Waals surface area contributed by atoms with Crippen molar-refractivity contribution >= 4 is 15.9 Å². The van der Waals surface area contributed by atoms with Crippen LogP contribution in [-0.4, -0.2) is 23.8 Å². The first-order chi connectivity index (χ1) is 9.56. The minimum absolute atomic E-state index is 0.851. The molecule has 1 heterocycles. The van der Waals surface area contributed by atoms with Crippen molar-refractivity contribution in [2.75, 3.05) is 14.2 Å². The van der Waals surface area contributed by atoms with Crippen LogP contribution in [0.15, 0.2) is 23.1 Å². The number of methoxy groups -OCH3 is 2. The van der Waals surface area contributed by atoms with E-state index in [4.69, 9.17) is 9.47 Å². The second-order valence-corrected chi connectivity index (χ2v) is 5.48. The summed E-state index contributed by atoms with van der Waals surface area (Å²) in [6.07, 6.45) is 3.52. The fourth-order valence-electron chi connectivity index (χ4n) is 2.19. The van der Waals surface area contributed by atoms with Gasteiger partial charge in [-0.2, -0.15) is 0 Å². The Hall–Kier alpha value is -1.49. The number of imidazole rings is 1. The van der Waals surface area contributed by atoms with Crippen LogP contribution < -0.4 is 9.47 Å². The van der Waals surface area contributed by atoms with Crippen molar-refractivity contribution in [1.29, 1.82) is 0 Å². The SMILES string of the molecule is COc1cc(CCc2ncn(C)c2Br)c(OC)cc1C. The Morgan fingerprint density at radius 1 is 1.15 bits per heavy atom. The van der Waals surface area contributed by atoms with Gasteiger partial charge in [0, 0.05) is 7.05 Å². The number of aryl methyl sites for hydroxylation is 4. The molecular weight excluding hydrogens is 320 g/mol. The Morgan fingerprint density at radius 2 is 1.85 bits per heavy atom. The van der Waals surface area contributed by atoms with E-state index in [1.54, 1.807) is 14.2 Å². The van der Waals surface area contributed by atoms with E-state index in [0.717, 1.165) is 45.8 Å². The van der Waals surface area contributed by atoms with Crippen molar-refractivity contribution in [2.45, 2.75) is 19.8 Å². The van der Waals surface area contributed by atoms with Gasteiger partial charge in [-0.15, -0.1) is 0 Å². The van der Waals surface area contributed by atoms with Crippen LogP contribution in [0.25, 0.3) is 0 Å². The number of hydrogen-bond acceptors (Lipinski definition) is 3. The van der Waals surface area contributed by atoms with Gasteiger partial charge in [-0.1, -0.05) is 0 Å². The normalized spacial score (nSPS) is 10.7. The number of ether oxygens (including phenoxy) is 2. The lowest BCUT2D eigenvalue weighted by Crippen LogP contribution is -1.99. The Bertz CT molecular complexity index is 608. The number of aromatic nitrogens is 2. The Morgan fingerprint density at radius 3 is 2.40 bits per heavy atom. The number of nitrogens with zero attached hydrogens (tertiary/aromatic N) is 2. The number of benzene rings is 1. The summed E-state index contributed by atoms with van der Waals surface area (Å²) in [4.78, 5) is 4.39. The molecule has 5 heteroatoms. The van der Waals surface area contributed by atoms with Gasteiger partial charge in [-0.3, -0.25) is 0 Å². The maximum atomic E-state index is 5.46. The fourth-order valence-corrected chi connectivity index (χ4v) is 2.59. The second-order valence-electron chi connectivity index (χ2n) is 4.73. The topological polar surface area (TPSA) is 36.3 Å². The summed E-state index contributed by atoms with van der Waals surface area (Å²) in [5, 5.41) is 0. The predicted octanol–water partition coefficient (Wildman–Crippen LogP) is 3.29. The third-order valence-electron chi connectivity index (χ3n) is 3.36. The van der Waals surface area contributed by atoms with Crippen molar-refractivity contribution < 1.29 is 9.47 Å². The van der Waals surface area contributed by atoms with Gasteiger partial charge >= 0.3 is 0 Å². The molecule has 108 valence electrons. The monoisotopic (exact) mass is 338 g/mol. The highest BCUT2D eigenvalue weighted by atomic mass is 79.9. The molecule has 0 fully saturated rings. The highest BCUT2D eigenvalue weighted by Gasteiger charge is 2.11. The summed E-state index contributed by atoms with van der Waals surface area (Å²) in [6, 6.07) is 4.06. The summed E-state index contributed by atoms with van der Waals surface area (Å²) >= 11 is 3.54. The van der Waals surface area contributed by atoms with Gasteiger partial charge in [-0.05, 0) is 59.0 Å². The molecule has 0 aliphatic heterocycles. The van der Waals surface area contributed by atoms with Crippen LogP contribution in [0.3, 0.4) is 0 Å². The first kappa shape index (κ1) is 14.9. The molecular formula is C15H19BrN2O2. The van der Waals surface area contributed by atoms with Crippen molar-refractivity contribution in [3.8, 4) is 11.5 Å². The summed E-state index contributed by atoms with van der Waals surface area (Å²) in [5.41, 5.74) is 3.26. The van der Waals surface area contributed by atoms with Crippen LogP contribution in [0, 0.1) is 6.92 Å². The third-order valence-corrected chi connectivity index (χ3v) is 4.38. The zero-order chi connectivity index (χ0) is 14.7. The zero-order valence-electron chi connectivity index (χ0n) is 12.2. The van der Waals surface area contributed by atoms with Gasteiger partial charge in [0.1, 0.15) is 16.1 Å². The number of halogens is 1. The van der Waals surface area contributed by atoms with Gasteiger partial charge in [0.2, 0.25) is 0 Å². The Labute approximate surface area is 127 Å². The molecule has 0 amide bonds. The van der Waals surface area contributed by atoms with Crippen LogP contribution in [0.1, 0.15) is 16.8 Å². The quantitative estimate of drug-likeness (QED) is 0.839. The lowest BCUT2D eigenvalue weighted by atomic mass is 10.0. The molecule has 0 radical (unpaired) electrons. The first-order valence-corrected chi connectivity index (χ1v) is 7.23. The smallest absolute Gasteiger partial charge is 0.122 e. The van der Waals surface area contributed by atoms with Crippen molar-refractivity contribution in [3.63, 3.8) is 0 Å². The van der Waals surface area contributed by atoms with E-state index in [1.807, 2.05) is 37.0 Å². The van der Waals surface area contributed by atoms with Gasteiger partial charge < -0.3 is 14.0 Å². The lowest BCUT2D eigenvalue weighted by molar-refractivity contribution is 0.396. The van der Waals surface area contributed by atoms with E-state index < -0.39 is 0 Å². The van der Waals surface area contributed by atoms with E-state index in [0.29, 0.717) is 0 Å². The highest BCUT2D eigenvalue weighted by Crippen LogP contribution is 2.29. The van der Waals surface area contributed by atoms with Crippen LogP contribution >= 0.6 is 15.9 Å². The minimum Gasteiger partial charge on any atom is -0.496 e. The van der Waals surface area contributed by atoms with Crippen molar-refractivity contribution in [3.05, 3.63) is 39.9 Å². The average molecular weight is 339 g/mol. The average Bonchev–Trinajstić information content (AvgIpc) is 2.77. The molecule has 0 atom stereocenters. The van der Waals surface area contributed by atoms with Crippen LogP contribution in [-0.2, 0) is 19.9 Å². The number of rotatable bonds is 5. The summed E-state index contributed by atoms with van der Waals surface area (Å²) < 4.78 is 13.8. The molecule has 4 nitrogen and oxygen atoms in total. The van der Waals surface area contributed by atoms with Gasteiger partial charge in [0.05, 0.1) is 26.2 Å².